The Bertz CT molecular complexity index is 411. The summed E-state index contributed by atoms with van der Waals surface area (Å²) in [5, 5.41) is 3.44. The molecule has 114 valence electrons. The third-order valence-corrected chi connectivity index (χ3v) is 4.21. The van der Waals surface area contributed by atoms with Gasteiger partial charge in [-0.05, 0) is 60.9 Å². The van der Waals surface area contributed by atoms with Crippen molar-refractivity contribution < 1.29 is 4.74 Å². The Morgan fingerprint density at radius 3 is 2.50 bits per heavy atom. The van der Waals surface area contributed by atoms with Crippen molar-refractivity contribution in [3.05, 3.63) is 28.2 Å². The van der Waals surface area contributed by atoms with Crippen LogP contribution in [0.15, 0.2) is 22.7 Å². The summed E-state index contributed by atoms with van der Waals surface area (Å²) in [6.45, 7) is 11.4. The zero-order valence-electron chi connectivity index (χ0n) is 13.2. The molecule has 0 saturated carbocycles. The molecule has 2 unspecified atom stereocenters. The Hall–Kier alpha value is -0.580. The van der Waals surface area contributed by atoms with Gasteiger partial charge in [0.05, 0.1) is 12.3 Å². The minimum Gasteiger partial charge on any atom is -0.383 e. The van der Waals surface area contributed by atoms with Gasteiger partial charge >= 0.3 is 0 Å². The third-order valence-electron chi connectivity index (χ3n) is 3.57. The fraction of sp³-hybridized carbons (Fsp3) is 0.625. The van der Waals surface area contributed by atoms with Gasteiger partial charge in [-0.2, -0.15) is 0 Å². The highest BCUT2D eigenvalue weighted by atomic mass is 79.9. The van der Waals surface area contributed by atoms with Crippen molar-refractivity contribution in [1.29, 1.82) is 0 Å². The van der Waals surface area contributed by atoms with Crippen molar-refractivity contribution in [2.45, 2.75) is 39.8 Å². The first-order valence-corrected chi connectivity index (χ1v) is 8.12. The molecule has 0 heterocycles. The Kier molecular flexibility index (Phi) is 7.56. The summed E-state index contributed by atoms with van der Waals surface area (Å²) in [5.74, 6) is 0. The maximum absolute atomic E-state index is 5.27. The molecule has 0 bridgehead atoms. The van der Waals surface area contributed by atoms with Gasteiger partial charge in [0.2, 0.25) is 0 Å². The largest absolute Gasteiger partial charge is 0.383 e. The molecule has 0 fully saturated rings. The van der Waals surface area contributed by atoms with Crippen molar-refractivity contribution in [3.8, 4) is 0 Å². The summed E-state index contributed by atoms with van der Waals surface area (Å²) < 4.78 is 6.42. The number of nitrogens with zero attached hydrogens (tertiary/aromatic N) is 1. The fourth-order valence-corrected chi connectivity index (χ4v) is 3.12. The van der Waals surface area contributed by atoms with Crippen LogP contribution in [0.1, 0.15) is 39.3 Å². The van der Waals surface area contributed by atoms with Crippen LogP contribution >= 0.6 is 15.9 Å². The van der Waals surface area contributed by atoms with E-state index < -0.39 is 0 Å². The lowest BCUT2D eigenvalue weighted by atomic mass is 10.1. The Morgan fingerprint density at radius 1 is 1.30 bits per heavy atom. The lowest BCUT2D eigenvalue weighted by molar-refractivity contribution is 0.182. The molecule has 0 spiro atoms. The second-order valence-corrected chi connectivity index (χ2v) is 5.93. The lowest BCUT2D eigenvalue weighted by Crippen LogP contribution is -2.36. The predicted molar refractivity (Wildman–Crippen MR) is 90.6 cm³/mol. The van der Waals surface area contributed by atoms with E-state index in [9.17, 15) is 0 Å². The SMILES string of the molecule is CCNC(C)c1ccc(N(CC)C(C)COC)c(Br)c1. The first-order chi connectivity index (χ1) is 9.54. The van der Waals surface area contributed by atoms with Crippen LogP contribution in [0.5, 0.6) is 0 Å². The van der Waals surface area contributed by atoms with Crippen molar-refractivity contribution >= 4 is 21.6 Å². The molecule has 4 heteroatoms. The maximum Gasteiger partial charge on any atom is 0.0663 e. The molecule has 0 amide bonds. The Morgan fingerprint density at radius 2 is 2.00 bits per heavy atom. The van der Waals surface area contributed by atoms with Crippen LogP contribution in [0.25, 0.3) is 0 Å². The van der Waals surface area contributed by atoms with Crippen LogP contribution in [-0.4, -0.2) is 32.8 Å². The van der Waals surface area contributed by atoms with Gasteiger partial charge in [-0.25, -0.2) is 0 Å². The highest BCUT2D eigenvalue weighted by molar-refractivity contribution is 9.10. The molecular formula is C16H27BrN2O. The van der Waals surface area contributed by atoms with Crippen molar-refractivity contribution in [3.63, 3.8) is 0 Å². The summed E-state index contributed by atoms with van der Waals surface area (Å²) in [5.41, 5.74) is 2.53. The minimum atomic E-state index is 0.360. The second-order valence-electron chi connectivity index (χ2n) is 5.08. The number of likely N-dealkylation sites (N-methyl/N-ethyl adjacent to an activating group) is 1. The van der Waals surface area contributed by atoms with E-state index in [4.69, 9.17) is 4.74 Å². The molecule has 20 heavy (non-hydrogen) atoms. The van der Waals surface area contributed by atoms with Crippen LogP contribution < -0.4 is 10.2 Å². The van der Waals surface area contributed by atoms with Crippen molar-refractivity contribution in [2.75, 3.05) is 31.7 Å². The van der Waals surface area contributed by atoms with E-state index in [0.29, 0.717) is 12.1 Å². The molecule has 0 aromatic heterocycles. The van der Waals surface area contributed by atoms with Gasteiger partial charge < -0.3 is 15.0 Å². The number of anilines is 1. The molecule has 1 aromatic carbocycles. The quantitative estimate of drug-likeness (QED) is 0.773. The average Bonchev–Trinajstić information content (AvgIpc) is 2.42. The number of methoxy groups -OCH3 is 1. The summed E-state index contributed by atoms with van der Waals surface area (Å²) >= 11 is 3.72. The van der Waals surface area contributed by atoms with E-state index in [-0.39, 0.29) is 0 Å². The summed E-state index contributed by atoms with van der Waals surface area (Å²) in [7, 11) is 1.75. The van der Waals surface area contributed by atoms with Crippen LogP contribution in [0, 0.1) is 0 Å². The van der Waals surface area contributed by atoms with Crippen LogP contribution in [0.2, 0.25) is 0 Å². The van der Waals surface area contributed by atoms with Crippen LogP contribution in [0.4, 0.5) is 5.69 Å². The fourth-order valence-electron chi connectivity index (χ4n) is 2.50. The molecule has 0 radical (unpaired) electrons. The van der Waals surface area contributed by atoms with Gasteiger partial charge in [0.25, 0.3) is 0 Å². The monoisotopic (exact) mass is 342 g/mol. The molecule has 0 aliphatic heterocycles. The molecule has 0 aliphatic carbocycles. The third kappa shape index (κ3) is 4.47. The number of ether oxygens (including phenoxy) is 1. The molecule has 1 N–H and O–H groups in total. The van der Waals surface area contributed by atoms with E-state index in [1.165, 1.54) is 11.3 Å². The molecule has 1 rings (SSSR count). The summed E-state index contributed by atoms with van der Waals surface area (Å²) in [6, 6.07) is 7.35. The summed E-state index contributed by atoms with van der Waals surface area (Å²) in [6.07, 6.45) is 0. The molecule has 0 aliphatic rings. The highest BCUT2D eigenvalue weighted by Gasteiger charge is 2.16. The number of nitrogens with one attached hydrogen (secondary N) is 1. The molecule has 2 atom stereocenters. The van der Waals surface area contributed by atoms with Gasteiger partial charge in [0.1, 0.15) is 0 Å². The van der Waals surface area contributed by atoms with Gasteiger partial charge in [0.15, 0.2) is 0 Å². The number of hydrogen-bond acceptors (Lipinski definition) is 3. The zero-order chi connectivity index (χ0) is 15.1. The smallest absolute Gasteiger partial charge is 0.0663 e. The second kappa shape index (κ2) is 8.65. The van der Waals surface area contributed by atoms with Crippen molar-refractivity contribution in [2.24, 2.45) is 0 Å². The Labute approximate surface area is 131 Å². The number of halogens is 1. The van der Waals surface area contributed by atoms with Gasteiger partial charge in [-0.1, -0.05) is 13.0 Å². The number of rotatable bonds is 8. The molecular weight excluding hydrogens is 316 g/mol. The minimum absolute atomic E-state index is 0.360. The van der Waals surface area contributed by atoms with E-state index in [2.05, 4.69) is 72.0 Å². The van der Waals surface area contributed by atoms with Crippen molar-refractivity contribution in [1.82, 2.24) is 5.32 Å². The first-order valence-electron chi connectivity index (χ1n) is 7.33. The number of benzene rings is 1. The van der Waals surface area contributed by atoms with Gasteiger partial charge in [-0.15, -0.1) is 0 Å². The van der Waals surface area contributed by atoms with Crippen LogP contribution in [-0.2, 0) is 4.74 Å². The van der Waals surface area contributed by atoms with Gasteiger partial charge in [-0.3, -0.25) is 0 Å². The van der Waals surface area contributed by atoms with Crippen LogP contribution in [0.3, 0.4) is 0 Å². The van der Waals surface area contributed by atoms with E-state index in [1.807, 2.05) is 0 Å². The average molecular weight is 343 g/mol. The normalized spacial score (nSPS) is 14.1. The first kappa shape index (κ1) is 17.5. The number of hydrogen-bond donors (Lipinski definition) is 1. The summed E-state index contributed by atoms with van der Waals surface area (Å²) in [4.78, 5) is 2.36. The standard InChI is InChI=1S/C16H27BrN2O/c1-6-18-13(4)14-8-9-16(15(17)10-14)19(7-2)12(3)11-20-5/h8-10,12-13,18H,6-7,11H2,1-5H3. The van der Waals surface area contributed by atoms with Gasteiger partial charge in [0, 0.05) is 30.2 Å². The molecule has 1 aromatic rings. The van der Waals surface area contributed by atoms with E-state index in [0.717, 1.165) is 24.2 Å². The molecule has 3 nitrogen and oxygen atoms in total. The highest BCUT2D eigenvalue weighted by Crippen LogP contribution is 2.30. The Balaban J connectivity index is 2.95. The van der Waals surface area contributed by atoms with E-state index >= 15 is 0 Å². The van der Waals surface area contributed by atoms with E-state index in [1.54, 1.807) is 7.11 Å². The molecule has 0 saturated heterocycles. The lowest BCUT2D eigenvalue weighted by Gasteiger charge is -2.31. The maximum atomic E-state index is 5.27. The zero-order valence-corrected chi connectivity index (χ0v) is 14.8. The predicted octanol–water partition coefficient (Wildman–Crippen LogP) is 3.98. The topological polar surface area (TPSA) is 24.5 Å².